The molecule has 31 heavy (non-hydrogen) atoms. The number of hydrogen-bond donors (Lipinski definition) is 0. The van der Waals surface area contributed by atoms with Gasteiger partial charge in [-0.2, -0.15) is 0 Å². The van der Waals surface area contributed by atoms with Gasteiger partial charge in [0, 0.05) is 57.8 Å². The SMILES string of the molecule is Clc1ccc2c(c1)c(-c1cncc(-c3ccccc3)c1)cn2CCCN1CCCCC1. The zero-order valence-corrected chi connectivity index (χ0v) is 18.6. The van der Waals surface area contributed by atoms with E-state index in [0.717, 1.165) is 29.1 Å². The van der Waals surface area contributed by atoms with E-state index < -0.39 is 0 Å². The summed E-state index contributed by atoms with van der Waals surface area (Å²) in [5.41, 5.74) is 5.87. The van der Waals surface area contributed by atoms with Gasteiger partial charge in [-0.15, -0.1) is 0 Å². The van der Waals surface area contributed by atoms with Crippen molar-refractivity contribution in [2.24, 2.45) is 0 Å². The van der Waals surface area contributed by atoms with Crippen molar-refractivity contribution >= 4 is 22.5 Å². The highest BCUT2D eigenvalue weighted by Gasteiger charge is 2.14. The van der Waals surface area contributed by atoms with Gasteiger partial charge in [-0.1, -0.05) is 48.4 Å². The first kappa shape index (κ1) is 20.3. The molecule has 3 heterocycles. The molecule has 4 heteroatoms. The van der Waals surface area contributed by atoms with Crippen LogP contribution in [0.15, 0.2) is 73.2 Å². The maximum Gasteiger partial charge on any atom is 0.0487 e. The summed E-state index contributed by atoms with van der Waals surface area (Å²) in [6.07, 6.45) is 11.4. The number of benzene rings is 2. The van der Waals surface area contributed by atoms with Gasteiger partial charge < -0.3 is 9.47 Å². The van der Waals surface area contributed by atoms with Gasteiger partial charge in [0.1, 0.15) is 0 Å². The van der Waals surface area contributed by atoms with Gasteiger partial charge in [-0.25, -0.2) is 0 Å². The van der Waals surface area contributed by atoms with Crippen LogP contribution in [0.25, 0.3) is 33.2 Å². The van der Waals surface area contributed by atoms with E-state index in [2.05, 4.69) is 63.1 Å². The van der Waals surface area contributed by atoms with E-state index in [9.17, 15) is 0 Å². The number of rotatable bonds is 6. The Hall–Kier alpha value is -2.62. The van der Waals surface area contributed by atoms with Crippen LogP contribution in [0, 0.1) is 0 Å². The zero-order valence-electron chi connectivity index (χ0n) is 17.8. The first-order valence-corrected chi connectivity index (χ1v) is 11.7. The lowest BCUT2D eigenvalue weighted by Crippen LogP contribution is -2.31. The van der Waals surface area contributed by atoms with Gasteiger partial charge in [-0.05, 0) is 68.7 Å². The van der Waals surface area contributed by atoms with Crippen molar-refractivity contribution in [1.82, 2.24) is 14.5 Å². The third kappa shape index (κ3) is 4.53. The van der Waals surface area contributed by atoms with Crippen LogP contribution in [0.2, 0.25) is 5.02 Å². The van der Waals surface area contributed by atoms with Crippen molar-refractivity contribution < 1.29 is 0 Å². The predicted octanol–water partition coefficient (Wildman–Crippen LogP) is 6.90. The molecular weight excluding hydrogens is 402 g/mol. The molecule has 0 spiro atoms. The summed E-state index contributed by atoms with van der Waals surface area (Å²) in [7, 11) is 0. The van der Waals surface area contributed by atoms with E-state index in [1.165, 1.54) is 60.9 Å². The van der Waals surface area contributed by atoms with Crippen molar-refractivity contribution in [3.63, 3.8) is 0 Å². The lowest BCUT2D eigenvalue weighted by molar-refractivity contribution is 0.223. The highest BCUT2D eigenvalue weighted by atomic mass is 35.5. The number of pyridine rings is 1. The average Bonchev–Trinajstić information content (AvgIpc) is 3.18. The molecule has 0 bridgehead atoms. The molecule has 1 aliphatic heterocycles. The van der Waals surface area contributed by atoms with Gasteiger partial charge in [0.05, 0.1) is 0 Å². The second kappa shape index (κ2) is 9.25. The van der Waals surface area contributed by atoms with E-state index >= 15 is 0 Å². The first-order valence-electron chi connectivity index (χ1n) is 11.3. The Morgan fingerprint density at radius 3 is 2.45 bits per heavy atom. The van der Waals surface area contributed by atoms with E-state index in [1.807, 2.05) is 24.5 Å². The molecule has 0 atom stereocenters. The van der Waals surface area contributed by atoms with E-state index in [4.69, 9.17) is 11.6 Å². The Bertz CT molecular complexity index is 1160. The molecule has 0 aliphatic carbocycles. The summed E-state index contributed by atoms with van der Waals surface area (Å²) in [5, 5.41) is 1.96. The number of hydrogen-bond acceptors (Lipinski definition) is 2. The largest absolute Gasteiger partial charge is 0.347 e. The quantitative estimate of drug-likeness (QED) is 0.332. The molecule has 1 fully saturated rings. The van der Waals surface area contributed by atoms with Crippen molar-refractivity contribution in [2.45, 2.75) is 32.2 Å². The Morgan fingerprint density at radius 2 is 1.61 bits per heavy atom. The molecule has 0 unspecified atom stereocenters. The Morgan fingerprint density at radius 1 is 0.806 bits per heavy atom. The number of aryl methyl sites for hydroxylation is 1. The molecule has 0 amide bonds. The normalized spacial score (nSPS) is 14.9. The summed E-state index contributed by atoms with van der Waals surface area (Å²) >= 11 is 6.39. The lowest BCUT2D eigenvalue weighted by atomic mass is 10.0. The minimum absolute atomic E-state index is 0.770. The standard InChI is InChI=1S/C27H28ClN3/c28-24-10-11-27-25(17-24)26(20-31(27)15-7-14-30-12-5-2-6-13-30)23-16-22(18-29-19-23)21-8-3-1-4-9-21/h1,3-4,8-11,16-20H,2,5-7,12-15H2. The van der Waals surface area contributed by atoms with E-state index in [0.29, 0.717) is 0 Å². The van der Waals surface area contributed by atoms with E-state index in [-0.39, 0.29) is 0 Å². The van der Waals surface area contributed by atoms with Crippen LogP contribution in [0.4, 0.5) is 0 Å². The fraction of sp³-hybridized carbons (Fsp3) is 0.296. The first-order chi connectivity index (χ1) is 15.3. The molecule has 0 radical (unpaired) electrons. The Labute approximate surface area is 189 Å². The van der Waals surface area contributed by atoms with Crippen molar-refractivity contribution in [2.75, 3.05) is 19.6 Å². The molecular formula is C27H28ClN3. The third-order valence-corrected chi connectivity index (χ3v) is 6.56. The molecule has 5 rings (SSSR count). The summed E-state index contributed by atoms with van der Waals surface area (Å²) in [5.74, 6) is 0. The van der Waals surface area contributed by atoms with Gasteiger partial charge >= 0.3 is 0 Å². The number of halogens is 1. The minimum atomic E-state index is 0.770. The topological polar surface area (TPSA) is 21.1 Å². The second-order valence-electron chi connectivity index (χ2n) is 8.48. The van der Waals surface area contributed by atoms with Crippen LogP contribution in [0.5, 0.6) is 0 Å². The van der Waals surface area contributed by atoms with Gasteiger partial charge in [0.15, 0.2) is 0 Å². The highest BCUT2D eigenvalue weighted by molar-refractivity contribution is 6.31. The molecule has 4 aromatic rings. The van der Waals surface area contributed by atoms with Crippen LogP contribution >= 0.6 is 11.6 Å². The molecule has 158 valence electrons. The number of piperidine rings is 1. The third-order valence-electron chi connectivity index (χ3n) is 6.32. The molecule has 2 aromatic carbocycles. The van der Waals surface area contributed by atoms with Gasteiger partial charge in [0.25, 0.3) is 0 Å². The predicted molar refractivity (Wildman–Crippen MR) is 131 cm³/mol. The van der Waals surface area contributed by atoms with Gasteiger partial charge in [0.2, 0.25) is 0 Å². The fourth-order valence-corrected chi connectivity index (χ4v) is 4.88. The van der Waals surface area contributed by atoms with Crippen LogP contribution in [-0.4, -0.2) is 34.1 Å². The smallest absolute Gasteiger partial charge is 0.0487 e. The maximum atomic E-state index is 6.39. The van der Waals surface area contributed by atoms with Crippen molar-refractivity contribution in [1.29, 1.82) is 0 Å². The fourth-order valence-electron chi connectivity index (χ4n) is 4.71. The number of aromatic nitrogens is 2. The van der Waals surface area contributed by atoms with Crippen molar-refractivity contribution in [3.8, 4) is 22.3 Å². The maximum absolute atomic E-state index is 6.39. The Kier molecular flexibility index (Phi) is 6.06. The molecule has 0 N–H and O–H groups in total. The average molecular weight is 430 g/mol. The molecule has 2 aromatic heterocycles. The lowest BCUT2D eigenvalue weighted by Gasteiger charge is -2.26. The molecule has 1 saturated heterocycles. The minimum Gasteiger partial charge on any atom is -0.347 e. The van der Waals surface area contributed by atoms with Gasteiger partial charge in [-0.3, -0.25) is 4.98 Å². The molecule has 1 aliphatic rings. The summed E-state index contributed by atoms with van der Waals surface area (Å²) in [6, 6.07) is 18.9. The van der Waals surface area contributed by atoms with Crippen LogP contribution < -0.4 is 0 Å². The van der Waals surface area contributed by atoms with Crippen LogP contribution in [0.1, 0.15) is 25.7 Å². The number of fused-ring (bicyclic) bond motifs is 1. The van der Waals surface area contributed by atoms with Crippen LogP contribution in [0.3, 0.4) is 0 Å². The monoisotopic (exact) mass is 429 g/mol. The van der Waals surface area contributed by atoms with Crippen molar-refractivity contribution in [3.05, 3.63) is 78.2 Å². The zero-order chi connectivity index (χ0) is 21.0. The number of likely N-dealkylation sites (tertiary alicyclic amines) is 1. The molecule has 0 saturated carbocycles. The second-order valence-corrected chi connectivity index (χ2v) is 8.92. The Balaban J connectivity index is 1.45. The molecule has 3 nitrogen and oxygen atoms in total. The van der Waals surface area contributed by atoms with E-state index in [1.54, 1.807) is 0 Å². The van der Waals surface area contributed by atoms with Crippen LogP contribution in [-0.2, 0) is 6.54 Å². The summed E-state index contributed by atoms with van der Waals surface area (Å²) < 4.78 is 2.39. The summed E-state index contributed by atoms with van der Waals surface area (Å²) in [6.45, 7) is 4.70. The highest BCUT2D eigenvalue weighted by Crippen LogP contribution is 2.34. The number of nitrogens with zero attached hydrogens (tertiary/aromatic N) is 3. The summed E-state index contributed by atoms with van der Waals surface area (Å²) in [4.78, 5) is 7.16.